The van der Waals surface area contributed by atoms with E-state index < -0.39 is 0 Å². The normalized spacial score (nSPS) is 18.9. The first-order valence-electron chi connectivity index (χ1n) is 5.61. The highest BCUT2D eigenvalue weighted by Gasteiger charge is 2.32. The van der Waals surface area contributed by atoms with Crippen molar-refractivity contribution in [3.63, 3.8) is 0 Å². The molecule has 6 heteroatoms. The van der Waals surface area contributed by atoms with Crippen molar-refractivity contribution in [2.24, 2.45) is 0 Å². The fourth-order valence-electron chi connectivity index (χ4n) is 1.88. The molecular formula is C11H17N3O2S. The van der Waals surface area contributed by atoms with Crippen LogP contribution < -0.4 is 5.32 Å². The molecule has 0 atom stereocenters. The number of nitrogens with zero attached hydrogens (tertiary/aromatic N) is 2. The summed E-state index contributed by atoms with van der Waals surface area (Å²) in [6.45, 7) is 1.44. The van der Waals surface area contributed by atoms with Crippen LogP contribution in [0.25, 0.3) is 0 Å². The van der Waals surface area contributed by atoms with Crippen molar-refractivity contribution in [1.29, 1.82) is 0 Å². The van der Waals surface area contributed by atoms with E-state index in [1.165, 1.54) is 0 Å². The molecule has 2 rings (SSSR count). The van der Waals surface area contributed by atoms with Gasteiger partial charge in [0.25, 0.3) is 0 Å². The molecule has 0 aliphatic carbocycles. The minimum atomic E-state index is -0.303. The van der Waals surface area contributed by atoms with Crippen LogP contribution in [-0.4, -0.2) is 46.7 Å². The summed E-state index contributed by atoms with van der Waals surface area (Å²) in [4.78, 5) is 8.31. The van der Waals surface area contributed by atoms with Crippen LogP contribution in [0.1, 0.15) is 12.8 Å². The molecule has 94 valence electrons. The Kier molecular flexibility index (Phi) is 4.20. The van der Waals surface area contributed by atoms with Gasteiger partial charge in [0.1, 0.15) is 17.2 Å². The zero-order chi connectivity index (χ0) is 12.1. The summed E-state index contributed by atoms with van der Waals surface area (Å²) in [6, 6.07) is 1.90. The molecule has 1 saturated heterocycles. The fraction of sp³-hybridized carbons (Fsp3) is 0.636. The van der Waals surface area contributed by atoms with Crippen molar-refractivity contribution in [3.05, 3.63) is 12.4 Å². The van der Waals surface area contributed by atoms with E-state index in [9.17, 15) is 5.11 Å². The molecule has 2 N–H and O–H groups in total. The molecule has 1 aliphatic rings. The van der Waals surface area contributed by atoms with Crippen LogP contribution in [0.5, 0.6) is 0 Å². The van der Waals surface area contributed by atoms with Gasteiger partial charge >= 0.3 is 0 Å². The van der Waals surface area contributed by atoms with E-state index in [-0.39, 0.29) is 12.1 Å². The number of anilines is 1. The Labute approximate surface area is 105 Å². The van der Waals surface area contributed by atoms with E-state index in [1.807, 2.05) is 12.3 Å². The van der Waals surface area contributed by atoms with Gasteiger partial charge in [-0.1, -0.05) is 0 Å². The zero-order valence-corrected chi connectivity index (χ0v) is 10.7. The third-order valence-corrected chi connectivity index (χ3v) is 3.64. The lowest BCUT2D eigenvalue weighted by molar-refractivity contribution is 0.0378. The number of hydrogen-bond donors (Lipinski definition) is 2. The van der Waals surface area contributed by atoms with Gasteiger partial charge in [0.05, 0.1) is 12.1 Å². The summed E-state index contributed by atoms with van der Waals surface area (Å²) in [7, 11) is 0. The second kappa shape index (κ2) is 5.66. The lowest BCUT2D eigenvalue weighted by atomic mass is 9.91. The maximum absolute atomic E-state index is 9.56. The first-order chi connectivity index (χ1) is 8.28. The lowest BCUT2D eigenvalue weighted by Crippen LogP contribution is -2.47. The number of thioether (sulfide) groups is 1. The highest BCUT2D eigenvalue weighted by atomic mass is 32.2. The van der Waals surface area contributed by atoms with Crippen LogP contribution in [0.2, 0.25) is 0 Å². The molecule has 1 aromatic heterocycles. The van der Waals surface area contributed by atoms with Crippen LogP contribution in [0.15, 0.2) is 17.4 Å². The monoisotopic (exact) mass is 255 g/mol. The Bertz CT molecular complexity index is 369. The van der Waals surface area contributed by atoms with Crippen LogP contribution in [0.4, 0.5) is 5.82 Å². The highest BCUT2D eigenvalue weighted by molar-refractivity contribution is 7.98. The van der Waals surface area contributed by atoms with E-state index in [4.69, 9.17) is 4.74 Å². The molecule has 0 bridgehead atoms. The average molecular weight is 255 g/mol. The summed E-state index contributed by atoms with van der Waals surface area (Å²) in [6.07, 6.45) is 5.10. The largest absolute Gasteiger partial charge is 0.394 e. The van der Waals surface area contributed by atoms with Gasteiger partial charge in [0.2, 0.25) is 0 Å². The lowest BCUT2D eigenvalue weighted by Gasteiger charge is -2.36. The predicted octanol–water partition coefficient (Wildman–Crippen LogP) is 1.15. The molecule has 1 aromatic rings. The Hall–Kier alpha value is -0.850. The van der Waals surface area contributed by atoms with Gasteiger partial charge in [-0.2, -0.15) is 0 Å². The van der Waals surface area contributed by atoms with Crippen molar-refractivity contribution in [2.45, 2.75) is 23.4 Å². The van der Waals surface area contributed by atoms with Gasteiger partial charge in [-0.05, 0) is 19.1 Å². The Morgan fingerprint density at radius 3 is 2.88 bits per heavy atom. The zero-order valence-electron chi connectivity index (χ0n) is 9.85. The molecule has 0 radical (unpaired) electrons. The molecule has 0 amide bonds. The fourth-order valence-corrected chi connectivity index (χ4v) is 2.26. The molecule has 2 heterocycles. The quantitative estimate of drug-likeness (QED) is 0.621. The van der Waals surface area contributed by atoms with Crippen molar-refractivity contribution >= 4 is 17.6 Å². The smallest absolute Gasteiger partial charge is 0.130 e. The van der Waals surface area contributed by atoms with E-state index in [0.29, 0.717) is 13.2 Å². The van der Waals surface area contributed by atoms with Crippen molar-refractivity contribution < 1.29 is 9.84 Å². The highest BCUT2D eigenvalue weighted by Crippen LogP contribution is 2.25. The summed E-state index contributed by atoms with van der Waals surface area (Å²) in [5.41, 5.74) is -0.303. The third-order valence-electron chi connectivity index (χ3n) is 3.00. The van der Waals surface area contributed by atoms with Gasteiger partial charge < -0.3 is 15.2 Å². The Morgan fingerprint density at radius 2 is 2.24 bits per heavy atom. The number of aliphatic hydroxyl groups excluding tert-OH is 1. The minimum absolute atomic E-state index is 0.0922. The molecule has 5 nitrogen and oxygen atoms in total. The maximum Gasteiger partial charge on any atom is 0.130 e. The van der Waals surface area contributed by atoms with Crippen LogP contribution in [0, 0.1) is 0 Å². The topological polar surface area (TPSA) is 67.3 Å². The summed E-state index contributed by atoms with van der Waals surface area (Å²) in [5.74, 6) is 0.764. The maximum atomic E-state index is 9.56. The molecule has 0 spiro atoms. The van der Waals surface area contributed by atoms with E-state index >= 15 is 0 Å². The standard InChI is InChI=1S/C11H17N3O2S/c1-17-10-6-9(12-8-13-10)14-11(7-15)2-4-16-5-3-11/h6,8,15H,2-5,7H2,1H3,(H,12,13,14). The van der Waals surface area contributed by atoms with Crippen molar-refractivity contribution in [2.75, 3.05) is 31.4 Å². The van der Waals surface area contributed by atoms with Gasteiger partial charge in [-0.3, -0.25) is 0 Å². The van der Waals surface area contributed by atoms with Gasteiger partial charge in [0, 0.05) is 19.3 Å². The van der Waals surface area contributed by atoms with Crippen LogP contribution in [-0.2, 0) is 4.74 Å². The number of aliphatic hydroxyl groups is 1. The summed E-state index contributed by atoms with van der Waals surface area (Å²) >= 11 is 1.57. The van der Waals surface area contributed by atoms with Crippen LogP contribution in [0.3, 0.4) is 0 Å². The summed E-state index contributed by atoms with van der Waals surface area (Å²) in [5, 5.41) is 13.8. The molecule has 17 heavy (non-hydrogen) atoms. The molecule has 0 unspecified atom stereocenters. The number of nitrogens with one attached hydrogen (secondary N) is 1. The average Bonchev–Trinajstić information content (AvgIpc) is 2.40. The Balaban J connectivity index is 2.11. The SMILES string of the molecule is CSc1cc(NC2(CO)CCOCC2)ncn1. The van der Waals surface area contributed by atoms with Crippen molar-refractivity contribution in [3.8, 4) is 0 Å². The van der Waals surface area contributed by atoms with Gasteiger partial charge in [-0.25, -0.2) is 9.97 Å². The molecule has 0 saturated carbocycles. The van der Waals surface area contributed by atoms with E-state index in [1.54, 1.807) is 18.1 Å². The summed E-state index contributed by atoms with van der Waals surface area (Å²) < 4.78 is 5.32. The second-order valence-corrected chi connectivity index (χ2v) is 4.95. The first-order valence-corrected chi connectivity index (χ1v) is 6.83. The number of ether oxygens (including phenoxy) is 1. The molecule has 1 fully saturated rings. The van der Waals surface area contributed by atoms with Gasteiger partial charge in [-0.15, -0.1) is 11.8 Å². The predicted molar refractivity (Wildman–Crippen MR) is 67.3 cm³/mol. The third kappa shape index (κ3) is 3.08. The first kappa shape index (κ1) is 12.6. The minimum Gasteiger partial charge on any atom is -0.394 e. The molecular weight excluding hydrogens is 238 g/mol. The van der Waals surface area contributed by atoms with E-state index in [0.717, 1.165) is 23.7 Å². The molecule has 1 aliphatic heterocycles. The van der Waals surface area contributed by atoms with Crippen LogP contribution >= 0.6 is 11.8 Å². The second-order valence-electron chi connectivity index (χ2n) is 4.12. The van der Waals surface area contributed by atoms with Gasteiger partial charge in [0.15, 0.2) is 0 Å². The Morgan fingerprint density at radius 1 is 1.47 bits per heavy atom. The number of rotatable bonds is 4. The molecule has 0 aromatic carbocycles. The van der Waals surface area contributed by atoms with Crippen molar-refractivity contribution in [1.82, 2.24) is 9.97 Å². The number of hydrogen-bond acceptors (Lipinski definition) is 6. The van der Waals surface area contributed by atoms with E-state index in [2.05, 4.69) is 15.3 Å². The number of aromatic nitrogens is 2.